The highest BCUT2D eigenvalue weighted by Crippen LogP contribution is 2.26. The van der Waals surface area contributed by atoms with E-state index in [1.165, 1.54) is 12.8 Å². The molecule has 75 heavy (non-hydrogen) atoms. The smallest absolute Gasteiger partial charge is 0.105 e. The van der Waals surface area contributed by atoms with Crippen LogP contribution in [0.25, 0.3) is 0 Å². The summed E-state index contributed by atoms with van der Waals surface area (Å²) in [4.78, 5) is 0. The lowest BCUT2D eigenvalue weighted by Crippen LogP contribution is -2.37. The highest BCUT2D eigenvalue weighted by molar-refractivity contribution is 4.74. The number of hydrogen-bond donors (Lipinski definition) is 0. The van der Waals surface area contributed by atoms with Gasteiger partial charge < -0.3 is 42.6 Å². The van der Waals surface area contributed by atoms with E-state index in [-0.39, 0.29) is 24.2 Å². The fourth-order valence-corrected chi connectivity index (χ4v) is 9.84. The Morgan fingerprint density at radius 2 is 0.387 bits per heavy atom. The quantitative estimate of drug-likeness (QED) is 0.0591. The topological polar surface area (TPSA) is 83.1 Å². The summed E-state index contributed by atoms with van der Waals surface area (Å²) in [5.41, 5.74) is 0. The highest BCUT2D eigenvalue weighted by Gasteiger charge is 2.27. The van der Waals surface area contributed by atoms with Crippen LogP contribution in [0.5, 0.6) is 0 Å². The molecule has 9 nitrogen and oxygen atoms in total. The summed E-state index contributed by atoms with van der Waals surface area (Å²) in [6.45, 7) is 64.5. The van der Waals surface area contributed by atoms with E-state index in [1.54, 1.807) is 0 Å². The van der Waals surface area contributed by atoms with E-state index in [0.717, 1.165) is 45.7 Å². The molecule has 9 heteroatoms. The summed E-state index contributed by atoms with van der Waals surface area (Å²) >= 11 is 0. The molecule has 0 aromatic heterocycles. The second kappa shape index (κ2) is 43.4. The van der Waals surface area contributed by atoms with Crippen LogP contribution in [0.15, 0.2) is 0 Å². The summed E-state index contributed by atoms with van der Waals surface area (Å²) in [5.74, 6) is 9.64. The molecule has 0 aliphatic carbocycles. The fourth-order valence-electron chi connectivity index (χ4n) is 9.84. The van der Waals surface area contributed by atoms with Crippen LogP contribution in [0.1, 0.15) is 198 Å². The number of rotatable bonds is 50. The molecule has 3 unspecified atom stereocenters. The van der Waals surface area contributed by atoms with Gasteiger partial charge in [0.1, 0.15) is 12.2 Å². The summed E-state index contributed by atoms with van der Waals surface area (Å²) in [7, 11) is 0. The molecular formula is C66H134O9. The van der Waals surface area contributed by atoms with Crippen molar-refractivity contribution in [2.75, 3.05) is 99.1 Å². The van der Waals surface area contributed by atoms with Gasteiger partial charge in [0.2, 0.25) is 0 Å². The molecule has 0 fully saturated rings. The maximum absolute atomic E-state index is 7.03. The molecule has 0 heterocycles. The molecule has 0 spiro atoms. The Hall–Kier alpha value is -0.360. The lowest BCUT2D eigenvalue weighted by molar-refractivity contribution is -0.136. The van der Waals surface area contributed by atoms with Gasteiger partial charge in [-0.2, -0.15) is 0 Å². The average Bonchev–Trinajstić information content (AvgIpc) is 3.28. The molecular weight excluding hydrogens is 937 g/mol. The molecule has 0 radical (unpaired) electrons. The molecule has 0 bridgehead atoms. The van der Waals surface area contributed by atoms with Crippen LogP contribution in [0.3, 0.4) is 0 Å². The zero-order chi connectivity index (χ0) is 57.2. The van der Waals surface area contributed by atoms with Crippen molar-refractivity contribution >= 4 is 0 Å². The minimum atomic E-state index is -0.283. The van der Waals surface area contributed by atoms with Gasteiger partial charge in [-0.3, -0.25) is 0 Å². The first-order valence-corrected chi connectivity index (χ1v) is 31.4. The van der Waals surface area contributed by atoms with Crippen molar-refractivity contribution in [1.29, 1.82) is 0 Å². The highest BCUT2D eigenvalue weighted by atomic mass is 16.6. The lowest BCUT2D eigenvalue weighted by Gasteiger charge is -2.30. The maximum atomic E-state index is 7.03. The van der Waals surface area contributed by atoms with Crippen molar-refractivity contribution in [2.24, 2.45) is 112 Å². The third-order valence-electron chi connectivity index (χ3n) is 15.9. The molecule has 0 aliphatic heterocycles. The van der Waals surface area contributed by atoms with Crippen molar-refractivity contribution in [1.82, 2.24) is 0 Å². The Labute approximate surface area is 468 Å². The number of ether oxygens (including phenoxy) is 9. The molecule has 0 amide bonds. The Morgan fingerprint density at radius 1 is 0.187 bits per heavy atom. The predicted molar refractivity (Wildman–Crippen MR) is 320 cm³/mol. The molecule has 0 saturated carbocycles. The Kier molecular flexibility index (Phi) is 43.2. The minimum absolute atomic E-state index is 0.0794. The van der Waals surface area contributed by atoms with E-state index < -0.39 is 0 Å². The Balaban J connectivity index is 6.30. The molecule has 0 aromatic carbocycles. The van der Waals surface area contributed by atoms with Crippen LogP contribution in [0.2, 0.25) is 0 Å². The molecule has 0 rings (SSSR count). The summed E-state index contributed by atoms with van der Waals surface area (Å²) in [5, 5.41) is 0. The first-order chi connectivity index (χ1) is 35.1. The SMILES string of the molecule is CC(C)CC(COC[C@H](CC(C)C)C(C)C)OC(COCC(COC[C@@H](COC[C@@H](CC(C)C)C(C)C)C(C)C)OC[C@H](CC(C)C)C(C)C)COC[C@@H](COC[C@H](COC[C@@H](CC(C)C)C(C)C)C(C)C)C(C)C. The zero-order valence-electron chi connectivity index (χ0n) is 54.5. The van der Waals surface area contributed by atoms with E-state index in [4.69, 9.17) is 42.6 Å². The Bertz CT molecular complexity index is 1260. The van der Waals surface area contributed by atoms with Gasteiger partial charge in [-0.15, -0.1) is 0 Å². The number of hydrogen-bond acceptors (Lipinski definition) is 9. The minimum Gasteiger partial charge on any atom is -0.381 e. The first kappa shape index (κ1) is 74.6. The molecule has 0 aromatic rings. The van der Waals surface area contributed by atoms with Crippen LogP contribution in [0, 0.1) is 112 Å². The van der Waals surface area contributed by atoms with Gasteiger partial charge in [0.15, 0.2) is 0 Å². The van der Waals surface area contributed by atoms with E-state index in [9.17, 15) is 0 Å². The third-order valence-corrected chi connectivity index (χ3v) is 15.9. The monoisotopic (exact) mass is 1070 g/mol. The van der Waals surface area contributed by atoms with Crippen molar-refractivity contribution in [3.8, 4) is 0 Å². The van der Waals surface area contributed by atoms with Crippen molar-refractivity contribution in [2.45, 2.75) is 217 Å². The van der Waals surface area contributed by atoms with Crippen LogP contribution >= 0.6 is 0 Å². The van der Waals surface area contributed by atoms with Crippen LogP contribution < -0.4 is 0 Å². The second-order valence-electron chi connectivity index (χ2n) is 28.3. The van der Waals surface area contributed by atoms with Crippen molar-refractivity contribution in [3.63, 3.8) is 0 Å². The average molecular weight is 1070 g/mol. The zero-order valence-corrected chi connectivity index (χ0v) is 54.5. The van der Waals surface area contributed by atoms with E-state index in [0.29, 0.717) is 179 Å². The maximum Gasteiger partial charge on any atom is 0.105 e. The summed E-state index contributed by atoms with van der Waals surface area (Å²) in [6.07, 6.45) is 5.00. The molecule has 0 N–H and O–H groups in total. The normalized spacial score (nSPS) is 17.1. The van der Waals surface area contributed by atoms with Gasteiger partial charge in [0.05, 0.1) is 85.4 Å². The van der Waals surface area contributed by atoms with Gasteiger partial charge in [-0.1, -0.05) is 166 Å². The lowest BCUT2D eigenvalue weighted by atomic mass is 9.88. The first-order valence-electron chi connectivity index (χ1n) is 31.4. The predicted octanol–water partition coefficient (Wildman–Crippen LogP) is 16.4. The fraction of sp³-hybridized carbons (Fsp3) is 1.00. The third kappa shape index (κ3) is 38.8. The van der Waals surface area contributed by atoms with Crippen molar-refractivity contribution < 1.29 is 42.6 Å². The standard InChI is InChI=1S/C66H134O9/c1-45(2)25-57(50(11)12)30-67-33-61(54(19)20)35-69-36-63(56(23)24)38-72-43-66(75-64(29-49(9)10)40-70-32-59(52(15)16)27-47(5)6)44-73-42-65(74-39-60(53(17)18)28-48(7)8)41-71-37-62(55(21)22)34-68-31-58(51(13)14)26-46(3)4/h45-66H,25-44H2,1-24H3/t57-,58-,59+,60+,61+,62-,63-,64?,65?,66?/m1/s1. The summed E-state index contributed by atoms with van der Waals surface area (Å²) < 4.78 is 59.7. The van der Waals surface area contributed by atoms with Crippen molar-refractivity contribution in [3.05, 3.63) is 0 Å². The molecule has 0 saturated heterocycles. The van der Waals surface area contributed by atoms with E-state index >= 15 is 0 Å². The van der Waals surface area contributed by atoms with E-state index in [1.807, 2.05) is 0 Å². The van der Waals surface area contributed by atoms with Gasteiger partial charge in [-0.25, -0.2) is 0 Å². The second-order valence-corrected chi connectivity index (χ2v) is 28.3. The molecule has 0 aliphatic rings. The van der Waals surface area contributed by atoms with Gasteiger partial charge >= 0.3 is 0 Å². The van der Waals surface area contributed by atoms with Gasteiger partial charge in [-0.05, 0) is 127 Å². The van der Waals surface area contributed by atoms with Gasteiger partial charge in [0, 0.05) is 37.6 Å². The van der Waals surface area contributed by atoms with Crippen LogP contribution in [0.4, 0.5) is 0 Å². The molecule has 10 atom stereocenters. The van der Waals surface area contributed by atoms with Crippen LogP contribution in [-0.2, 0) is 42.6 Å². The van der Waals surface area contributed by atoms with Crippen LogP contribution in [-0.4, -0.2) is 117 Å². The summed E-state index contributed by atoms with van der Waals surface area (Å²) in [6, 6.07) is 0. The largest absolute Gasteiger partial charge is 0.381 e. The van der Waals surface area contributed by atoms with E-state index in [2.05, 4.69) is 166 Å². The Morgan fingerprint density at radius 3 is 0.640 bits per heavy atom. The molecule has 452 valence electrons. The van der Waals surface area contributed by atoms with Gasteiger partial charge in [0.25, 0.3) is 0 Å².